The maximum Gasteiger partial charge on any atom is 0.141 e. The smallest absolute Gasteiger partial charge is 0.141 e. The van der Waals surface area contributed by atoms with E-state index in [2.05, 4.69) is 34.2 Å². The first kappa shape index (κ1) is 15.5. The maximum atomic E-state index is 10.7. The van der Waals surface area contributed by atoms with Crippen LogP contribution in [0, 0.1) is 0 Å². The molecule has 2 aromatic carbocycles. The van der Waals surface area contributed by atoms with E-state index in [-0.39, 0.29) is 0 Å². The predicted molar refractivity (Wildman–Crippen MR) is 101 cm³/mol. The summed E-state index contributed by atoms with van der Waals surface area (Å²) in [6, 6.07) is 14.4. The van der Waals surface area contributed by atoms with Crippen LogP contribution in [-0.4, -0.2) is 15.1 Å². The van der Waals surface area contributed by atoms with Crippen molar-refractivity contribution >= 4 is 43.9 Å². The lowest BCUT2D eigenvalue weighted by Crippen LogP contribution is -2.14. The van der Waals surface area contributed by atoms with Crippen molar-refractivity contribution in [1.29, 1.82) is 0 Å². The third kappa shape index (κ3) is 2.38. The molecule has 120 valence electrons. The second kappa shape index (κ2) is 5.52. The fraction of sp³-hybridized carbons (Fsp3) is 0.158. The fourth-order valence-corrected chi connectivity index (χ4v) is 4.47. The molecule has 0 saturated carbocycles. The van der Waals surface area contributed by atoms with Crippen LogP contribution in [0.25, 0.3) is 32.1 Å². The van der Waals surface area contributed by atoms with E-state index >= 15 is 0 Å². The molecule has 0 amide bonds. The van der Waals surface area contributed by atoms with Crippen molar-refractivity contribution < 1.29 is 5.11 Å². The Balaban J connectivity index is 2.19. The molecule has 0 aliphatic heterocycles. The first-order chi connectivity index (χ1) is 11.5. The lowest BCUT2D eigenvalue weighted by Gasteiger charge is -2.19. The Labute approximate surface area is 148 Å². The van der Waals surface area contributed by atoms with E-state index in [0.29, 0.717) is 5.15 Å². The topological polar surface area (TPSA) is 46.0 Å². The van der Waals surface area contributed by atoms with Gasteiger partial charge in [-0.1, -0.05) is 54.1 Å². The number of thiophene rings is 1. The summed E-state index contributed by atoms with van der Waals surface area (Å²) in [4.78, 5) is 10.1. The Kier molecular flexibility index (Phi) is 3.57. The predicted octanol–water partition coefficient (Wildman–Crippen LogP) is 5.39. The van der Waals surface area contributed by atoms with E-state index in [1.807, 2.05) is 18.2 Å². The molecule has 4 rings (SSSR count). The van der Waals surface area contributed by atoms with Crippen LogP contribution in [0.1, 0.15) is 18.7 Å². The molecular weight excluding hydrogens is 340 g/mol. The molecule has 2 aromatic heterocycles. The highest BCUT2D eigenvalue weighted by Gasteiger charge is 2.28. The summed E-state index contributed by atoms with van der Waals surface area (Å²) in [6.45, 7) is 3.57. The van der Waals surface area contributed by atoms with Gasteiger partial charge in [-0.15, -0.1) is 11.3 Å². The molecule has 2 heterocycles. The number of aliphatic hydroxyl groups is 1. The van der Waals surface area contributed by atoms with Gasteiger partial charge in [0.25, 0.3) is 0 Å². The van der Waals surface area contributed by atoms with Gasteiger partial charge >= 0.3 is 0 Å². The number of hydrogen-bond acceptors (Lipinski definition) is 4. The summed E-state index contributed by atoms with van der Waals surface area (Å²) in [5.74, 6) is 0. The number of halogens is 1. The van der Waals surface area contributed by atoms with Crippen molar-refractivity contribution in [3.05, 3.63) is 58.8 Å². The molecule has 0 spiro atoms. The van der Waals surface area contributed by atoms with E-state index in [4.69, 9.17) is 11.6 Å². The third-order valence-corrected chi connectivity index (χ3v) is 5.75. The highest BCUT2D eigenvalue weighted by atomic mass is 35.5. The van der Waals surface area contributed by atoms with Crippen LogP contribution in [0.15, 0.2) is 48.8 Å². The van der Waals surface area contributed by atoms with Crippen LogP contribution in [0.3, 0.4) is 0 Å². The molecular formula is C19H15ClN2OS. The summed E-state index contributed by atoms with van der Waals surface area (Å²) in [7, 11) is 0. The maximum absolute atomic E-state index is 10.7. The van der Waals surface area contributed by atoms with Gasteiger partial charge in [0.15, 0.2) is 0 Å². The normalized spacial score (nSPS) is 12.2. The molecule has 4 aromatic rings. The van der Waals surface area contributed by atoms with Gasteiger partial charge in [-0.05, 0) is 30.2 Å². The Morgan fingerprint density at radius 3 is 2.58 bits per heavy atom. The van der Waals surface area contributed by atoms with Crippen LogP contribution in [-0.2, 0) is 5.60 Å². The Bertz CT molecular complexity index is 1060. The van der Waals surface area contributed by atoms with Crippen LogP contribution in [0.2, 0.25) is 5.15 Å². The molecule has 0 aliphatic carbocycles. The van der Waals surface area contributed by atoms with Gasteiger partial charge in [-0.2, -0.15) is 0 Å². The molecule has 24 heavy (non-hydrogen) atoms. The van der Waals surface area contributed by atoms with E-state index in [9.17, 15) is 5.11 Å². The highest BCUT2D eigenvalue weighted by Crippen LogP contribution is 2.46. The van der Waals surface area contributed by atoms with Crippen molar-refractivity contribution in [3.8, 4) is 11.1 Å². The zero-order valence-corrected chi connectivity index (χ0v) is 14.8. The molecule has 0 atom stereocenters. The first-order valence-electron chi connectivity index (χ1n) is 7.61. The molecule has 0 fully saturated rings. The molecule has 0 unspecified atom stereocenters. The van der Waals surface area contributed by atoms with E-state index in [1.54, 1.807) is 13.8 Å². The van der Waals surface area contributed by atoms with Gasteiger partial charge in [0.05, 0.1) is 11.0 Å². The monoisotopic (exact) mass is 354 g/mol. The molecule has 0 aliphatic rings. The minimum Gasteiger partial charge on any atom is -0.385 e. The molecule has 0 radical (unpaired) electrons. The van der Waals surface area contributed by atoms with Crippen molar-refractivity contribution in [1.82, 2.24) is 9.97 Å². The van der Waals surface area contributed by atoms with Crippen LogP contribution >= 0.6 is 22.9 Å². The summed E-state index contributed by atoms with van der Waals surface area (Å²) in [6.07, 6.45) is 1.46. The van der Waals surface area contributed by atoms with Gasteiger partial charge in [-0.3, -0.25) is 0 Å². The van der Waals surface area contributed by atoms with Crippen LogP contribution in [0.4, 0.5) is 0 Å². The number of benzene rings is 2. The highest BCUT2D eigenvalue weighted by molar-refractivity contribution is 7.19. The summed E-state index contributed by atoms with van der Waals surface area (Å²) in [5.41, 5.74) is 0.958. The van der Waals surface area contributed by atoms with Crippen LogP contribution in [0.5, 0.6) is 0 Å². The standard InChI is InChI=1S/C19H15ClN2OS/c1-19(2,23)16-14(15-17(20)21-10-22-18(15)24-16)13-9-5-7-11-6-3-4-8-12(11)13/h3-10,23H,1-2H3. The molecule has 0 saturated heterocycles. The number of nitrogens with zero attached hydrogens (tertiary/aromatic N) is 2. The Morgan fingerprint density at radius 1 is 1.04 bits per heavy atom. The quantitative estimate of drug-likeness (QED) is 0.491. The zero-order valence-electron chi connectivity index (χ0n) is 13.2. The minimum absolute atomic E-state index is 0.412. The number of rotatable bonds is 2. The zero-order chi connectivity index (χ0) is 16.9. The van der Waals surface area contributed by atoms with E-state index in [1.165, 1.54) is 17.7 Å². The summed E-state index contributed by atoms with van der Waals surface area (Å²) < 4.78 is 0. The second-order valence-electron chi connectivity index (χ2n) is 6.24. The lowest BCUT2D eigenvalue weighted by atomic mass is 9.92. The fourth-order valence-electron chi connectivity index (χ4n) is 3.03. The largest absolute Gasteiger partial charge is 0.385 e. The molecule has 0 bridgehead atoms. The Morgan fingerprint density at radius 2 is 1.79 bits per heavy atom. The molecule has 1 N–H and O–H groups in total. The van der Waals surface area contributed by atoms with Crippen molar-refractivity contribution in [2.75, 3.05) is 0 Å². The van der Waals surface area contributed by atoms with Gasteiger partial charge in [0.2, 0.25) is 0 Å². The Hall–Kier alpha value is -2.01. The van der Waals surface area contributed by atoms with Gasteiger partial charge in [0, 0.05) is 10.4 Å². The van der Waals surface area contributed by atoms with E-state index in [0.717, 1.165) is 37.0 Å². The lowest BCUT2D eigenvalue weighted by molar-refractivity contribution is 0.0832. The minimum atomic E-state index is -0.999. The van der Waals surface area contributed by atoms with Gasteiger partial charge < -0.3 is 5.11 Å². The third-order valence-electron chi connectivity index (χ3n) is 4.06. The number of hydrogen-bond donors (Lipinski definition) is 1. The van der Waals surface area contributed by atoms with Crippen molar-refractivity contribution in [3.63, 3.8) is 0 Å². The first-order valence-corrected chi connectivity index (χ1v) is 8.80. The number of aromatic nitrogens is 2. The summed E-state index contributed by atoms with van der Waals surface area (Å²) in [5, 5.41) is 14.2. The van der Waals surface area contributed by atoms with Crippen LogP contribution < -0.4 is 0 Å². The second-order valence-corrected chi connectivity index (χ2v) is 7.59. The van der Waals surface area contributed by atoms with Gasteiger partial charge in [-0.25, -0.2) is 9.97 Å². The van der Waals surface area contributed by atoms with Gasteiger partial charge in [0.1, 0.15) is 16.3 Å². The number of fused-ring (bicyclic) bond motifs is 2. The van der Waals surface area contributed by atoms with Crippen molar-refractivity contribution in [2.24, 2.45) is 0 Å². The SMILES string of the molecule is CC(C)(O)c1sc2ncnc(Cl)c2c1-c1cccc2ccccc12. The average Bonchev–Trinajstić information content (AvgIpc) is 2.95. The summed E-state index contributed by atoms with van der Waals surface area (Å²) >= 11 is 7.86. The molecule has 5 heteroatoms. The van der Waals surface area contributed by atoms with Crippen molar-refractivity contribution in [2.45, 2.75) is 19.4 Å². The van der Waals surface area contributed by atoms with E-state index < -0.39 is 5.60 Å². The molecule has 3 nitrogen and oxygen atoms in total. The average molecular weight is 355 g/mol.